The van der Waals surface area contributed by atoms with E-state index in [9.17, 15) is 0 Å². The smallest absolute Gasteiger partial charge is 0.646 e. The Balaban J connectivity index is 0.00000225. The first-order chi connectivity index (χ1) is 11.9. The van der Waals surface area contributed by atoms with Crippen LogP contribution in [-0.2, 0) is 16.5 Å². The van der Waals surface area contributed by atoms with E-state index in [1.54, 1.807) is 12.7 Å². The second kappa shape index (κ2) is 11.0. The van der Waals surface area contributed by atoms with Crippen LogP contribution in [0.2, 0.25) is 0 Å². The molecule has 0 bridgehead atoms. The Hall–Kier alpha value is -1.79. The molecule has 25 heavy (non-hydrogen) atoms. The van der Waals surface area contributed by atoms with Crippen LogP contribution < -0.4 is 9.80 Å². The Morgan fingerprint density at radius 1 is 0.680 bits per heavy atom. The molecule has 140 valence electrons. The van der Waals surface area contributed by atoms with E-state index in [1.807, 2.05) is 9.80 Å². The van der Waals surface area contributed by atoms with Crippen LogP contribution in [0.4, 0.5) is 11.9 Å². The Bertz CT molecular complexity index is 480. The zero-order valence-corrected chi connectivity index (χ0v) is 14.6. The summed E-state index contributed by atoms with van der Waals surface area (Å²) in [6.07, 6.45) is 3.09. The third-order valence-electron chi connectivity index (χ3n) is 3.32. The van der Waals surface area contributed by atoms with Gasteiger partial charge in [0.1, 0.15) is 12.7 Å². The van der Waals surface area contributed by atoms with Crippen LogP contribution in [0.25, 0.3) is 21.3 Å². The summed E-state index contributed by atoms with van der Waals surface area (Å²) in [5.74, 6) is 1.33. The van der Waals surface area contributed by atoms with Gasteiger partial charge in [-0.3, -0.25) is 0 Å². The number of nitrogens with one attached hydrogen (secondary N) is 2. The van der Waals surface area contributed by atoms with Crippen molar-refractivity contribution in [1.29, 1.82) is 0 Å². The topological polar surface area (TPSA) is 146 Å². The monoisotopic (exact) mass is 390 g/mol. The molecule has 12 nitrogen and oxygen atoms in total. The average molecular weight is 391 g/mol. The maximum absolute atomic E-state index is 4.49. The van der Waals surface area contributed by atoms with Gasteiger partial charge in [0.05, 0.1) is 0 Å². The predicted octanol–water partition coefficient (Wildman–Crippen LogP) is 0.572. The third-order valence-corrected chi connectivity index (χ3v) is 3.32. The SMILES string of the molecule is [Ni+2].c1nnc(N2C[N-]CC[N-]CN(c3nnc[nH]3)C[N-]CC[N-]C2)[nH]1. The normalized spacial score (nSPS) is 18.4. The van der Waals surface area contributed by atoms with E-state index in [1.165, 1.54) is 0 Å². The molecule has 13 heteroatoms. The molecule has 3 heterocycles. The van der Waals surface area contributed by atoms with Gasteiger partial charge >= 0.3 is 16.5 Å². The minimum absolute atomic E-state index is 0. The Morgan fingerprint density at radius 2 is 1.04 bits per heavy atom. The van der Waals surface area contributed by atoms with E-state index in [4.69, 9.17) is 0 Å². The number of hydrogen-bond acceptors (Lipinski definition) is 6. The predicted molar refractivity (Wildman–Crippen MR) is 90.1 cm³/mol. The second-order valence-corrected chi connectivity index (χ2v) is 5.06. The van der Waals surface area contributed by atoms with E-state index in [2.05, 4.69) is 51.6 Å². The number of rotatable bonds is 2. The third kappa shape index (κ3) is 6.22. The fourth-order valence-corrected chi connectivity index (χ4v) is 2.11. The van der Waals surface area contributed by atoms with Gasteiger partial charge in [-0.15, -0.1) is 20.4 Å². The Kier molecular flexibility index (Phi) is 8.56. The molecule has 1 fully saturated rings. The van der Waals surface area contributed by atoms with E-state index < -0.39 is 0 Å². The van der Waals surface area contributed by atoms with Gasteiger partial charge in [0.2, 0.25) is 11.9 Å². The van der Waals surface area contributed by atoms with Crippen LogP contribution >= 0.6 is 0 Å². The standard InChI is InChI=1S/C12H20N12.Ni/c1-2-14-8-24(12-18-6-20-22-12)10-16-4-3-15-9-23(7-13-1)11-17-5-19-21-11;/h5-6H,1-4,7-10H2,(H,17,19,21)(H,18,20,22);/q-4;+2. The van der Waals surface area contributed by atoms with Crippen LogP contribution in [0.3, 0.4) is 0 Å². The maximum Gasteiger partial charge on any atom is 2.00 e. The number of hydrogen-bond donors (Lipinski definition) is 2. The van der Waals surface area contributed by atoms with Gasteiger partial charge in [-0.2, -0.15) is 26.2 Å². The quantitative estimate of drug-likeness (QED) is 0.716. The van der Waals surface area contributed by atoms with E-state index in [0.717, 1.165) is 0 Å². The van der Waals surface area contributed by atoms with Crippen molar-refractivity contribution in [2.75, 3.05) is 62.7 Å². The number of H-pyrrole nitrogens is 2. The fraction of sp³-hybridized carbons (Fsp3) is 0.667. The van der Waals surface area contributed by atoms with Crippen molar-refractivity contribution >= 4 is 11.9 Å². The molecule has 0 spiro atoms. The van der Waals surface area contributed by atoms with Gasteiger partial charge in [0.15, 0.2) is 0 Å². The summed E-state index contributed by atoms with van der Waals surface area (Å²) in [4.78, 5) is 9.81. The molecule has 0 amide bonds. The van der Waals surface area contributed by atoms with E-state index in [-0.39, 0.29) is 16.5 Å². The van der Waals surface area contributed by atoms with Crippen molar-refractivity contribution in [1.82, 2.24) is 30.4 Å². The molecule has 0 aliphatic carbocycles. The molecule has 1 aliphatic rings. The Labute approximate surface area is 155 Å². The summed E-state index contributed by atoms with van der Waals surface area (Å²) in [5.41, 5.74) is 0. The summed E-state index contributed by atoms with van der Waals surface area (Å²) >= 11 is 0. The average Bonchev–Trinajstić information content (AvgIpc) is 3.30. The first-order valence-corrected chi connectivity index (χ1v) is 7.68. The largest absolute Gasteiger partial charge is 2.00 e. The molecule has 3 rings (SSSR count). The minimum Gasteiger partial charge on any atom is -0.646 e. The summed E-state index contributed by atoms with van der Waals surface area (Å²) in [5, 5.41) is 33.6. The molecular weight excluding hydrogens is 371 g/mol. The molecular formula is C12H20N12Ni-2. The molecule has 0 atom stereocenters. The first-order valence-electron chi connectivity index (χ1n) is 7.68. The summed E-state index contributed by atoms with van der Waals surface area (Å²) < 4.78 is 0. The van der Waals surface area contributed by atoms with Crippen LogP contribution in [0, 0.1) is 0 Å². The van der Waals surface area contributed by atoms with Crippen LogP contribution in [0.15, 0.2) is 12.7 Å². The van der Waals surface area contributed by atoms with Crippen molar-refractivity contribution in [2.45, 2.75) is 0 Å². The van der Waals surface area contributed by atoms with Gasteiger partial charge in [-0.1, -0.05) is 26.7 Å². The fourth-order valence-electron chi connectivity index (χ4n) is 2.11. The zero-order chi connectivity index (χ0) is 16.5. The van der Waals surface area contributed by atoms with Crippen molar-refractivity contribution in [3.8, 4) is 0 Å². The number of nitrogens with zero attached hydrogens (tertiary/aromatic N) is 10. The molecule has 2 N–H and O–H groups in total. The van der Waals surface area contributed by atoms with Gasteiger partial charge in [0, 0.05) is 0 Å². The van der Waals surface area contributed by atoms with Crippen molar-refractivity contribution in [3.05, 3.63) is 33.9 Å². The molecule has 1 saturated heterocycles. The van der Waals surface area contributed by atoms with Gasteiger partial charge in [-0.05, 0) is 0 Å². The molecule has 2 aromatic heterocycles. The number of aromatic nitrogens is 6. The van der Waals surface area contributed by atoms with Crippen molar-refractivity contribution < 1.29 is 16.5 Å². The summed E-state index contributed by atoms with van der Waals surface area (Å²) in [7, 11) is 0. The first kappa shape index (κ1) is 19.5. The van der Waals surface area contributed by atoms with Gasteiger partial charge in [0.25, 0.3) is 0 Å². The molecule has 0 aromatic carbocycles. The molecule has 1 aliphatic heterocycles. The van der Waals surface area contributed by atoms with Gasteiger partial charge < -0.3 is 41.0 Å². The minimum atomic E-state index is 0. The molecule has 0 unspecified atom stereocenters. The van der Waals surface area contributed by atoms with Crippen molar-refractivity contribution in [3.63, 3.8) is 0 Å². The van der Waals surface area contributed by atoms with Crippen LogP contribution in [-0.4, -0.2) is 83.2 Å². The summed E-state index contributed by atoms with van der Waals surface area (Å²) in [6.45, 7) is 4.51. The second-order valence-electron chi connectivity index (χ2n) is 5.06. The maximum atomic E-state index is 4.49. The molecule has 0 radical (unpaired) electrons. The van der Waals surface area contributed by atoms with Crippen molar-refractivity contribution in [2.24, 2.45) is 0 Å². The molecule has 2 aromatic rings. The zero-order valence-electron chi connectivity index (χ0n) is 13.6. The van der Waals surface area contributed by atoms with Crippen LogP contribution in [0.1, 0.15) is 0 Å². The van der Waals surface area contributed by atoms with Crippen LogP contribution in [0.5, 0.6) is 0 Å². The van der Waals surface area contributed by atoms with E-state index >= 15 is 0 Å². The van der Waals surface area contributed by atoms with E-state index in [0.29, 0.717) is 64.8 Å². The summed E-state index contributed by atoms with van der Waals surface area (Å²) in [6, 6.07) is 0. The van der Waals surface area contributed by atoms with Gasteiger partial charge in [-0.25, -0.2) is 0 Å². The number of aromatic amines is 2. The number of anilines is 2. The molecule has 0 saturated carbocycles. The Morgan fingerprint density at radius 3 is 1.32 bits per heavy atom.